The van der Waals surface area contributed by atoms with Crippen LogP contribution in [0.2, 0.25) is 5.02 Å². The summed E-state index contributed by atoms with van der Waals surface area (Å²) in [5.41, 5.74) is 0.539. The predicted octanol–water partition coefficient (Wildman–Crippen LogP) is 3.62. The highest BCUT2D eigenvalue weighted by molar-refractivity contribution is 6.33. The van der Waals surface area contributed by atoms with Crippen LogP contribution in [0.1, 0.15) is 31.6 Å². The fraction of sp³-hybridized carbons (Fsp3) is 0.467. The Morgan fingerprint density at radius 1 is 1.33 bits per heavy atom. The summed E-state index contributed by atoms with van der Waals surface area (Å²) in [7, 11) is 0. The molecule has 1 fully saturated rings. The summed E-state index contributed by atoms with van der Waals surface area (Å²) in [6, 6.07) is 4.06. The number of aliphatic hydroxyl groups excluding tert-OH is 1. The zero-order chi connectivity index (χ0) is 14.8. The van der Waals surface area contributed by atoms with Crippen molar-refractivity contribution in [1.29, 1.82) is 0 Å². The van der Waals surface area contributed by atoms with Gasteiger partial charge in [-0.15, -0.1) is 0 Å². The molecule has 1 N–H and O–H groups in total. The molecular formula is C15H16ClFN2O2. The molecule has 1 aliphatic carbocycles. The van der Waals surface area contributed by atoms with Crippen molar-refractivity contribution in [2.75, 3.05) is 0 Å². The number of aliphatic hydroxyl groups is 1. The van der Waals surface area contributed by atoms with Crippen molar-refractivity contribution >= 4 is 11.6 Å². The van der Waals surface area contributed by atoms with Gasteiger partial charge in [0.05, 0.1) is 11.1 Å². The Hall–Kier alpha value is -1.46. The van der Waals surface area contributed by atoms with Gasteiger partial charge in [0.1, 0.15) is 5.82 Å². The molecule has 1 heterocycles. The lowest BCUT2D eigenvalue weighted by atomic mass is 9.84. The Kier molecular flexibility index (Phi) is 4.22. The Morgan fingerprint density at radius 2 is 2.14 bits per heavy atom. The normalized spacial score (nSPS) is 22.4. The maximum Gasteiger partial charge on any atom is 0.227 e. The first-order valence-corrected chi connectivity index (χ1v) is 7.47. The van der Waals surface area contributed by atoms with Crippen molar-refractivity contribution < 1.29 is 14.0 Å². The van der Waals surface area contributed by atoms with E-state index in [1.54, 1.807) is 0 Å². The highest BCUT2D eigenvalue weighted by Crippen LogP contribution is 2.29. The Labute approximate surface area is 126 Å². The molecule has 2 unspecified atom stereocenters. The smallest absolute Gasteiger partial charge is 0.227 e. The average molecular weight is 311 g/mol. The maximum absolute atomic E-state index is 13.0. The molecule has 2 atom stereocenters. The number of hydrogen-bond acceptors (Lipinski definition) is 4. The van der Waals surface area contributed by atoms with Gasteiger partial charge >= 0.3 is 0 Å². The molecule has 1 aliphatic rings. The summed E-state index contributed by atoms with van der Waals surface area (Å²) >= 11 is 5.99. The molecule has 0 radical (unpaired) electrons. The number of halogens is 2. The molecule has 3 rings (SSSR count). The number of benzene rings is 1. The molecule has 0 bridgehead atoms. The van der Waals surface area contributed by atoms with Crippen molar-refractivity contribution in [2.24, 2.45) is 5.92 Å². The van der Waals surface area contributed by atoms with Crippen molar-refractivity contribution in [3.05, 3.63) is 34.9 Å². The van der Waals surface area contributed by atoms with E-state index in [2.05, 4.69) is 10.1 Å². The molecule has 0 saturated heterocycles. The second-order valence-corrected chi connectivity index (χ2v) is 5.86. The fourth-order valence-corrected chi connectivity index (χ4v) is 3.02. The van der Waals surface area contributed by atoms with Gasteiger partial charge < -0.3 is 9.63 Å². The molecule has 1 aromatic carbocycles. The summed E-state index contributed by atoms with van der Waals surface area (Å²) in [4.78, 5) is 4.30. The molecule has 1 aromatic heterocycles. The lowest BCUT2D eigenvalue weighted by Crippen LogP contribution is -2.26. The molecule has 2 aromatic rings. The van der Waals surface area contributed by atoms with Crippen molar-refractivity contribution in [1.82, 2.24) is 10.1 Å². The van der Waals surface area contributed by atoms with Gasteiger partial charge in [0.15, 0.2) is 0 Å². The molecular weight excluding hydrogens is 295 g/mol. The molecule has 6 heteroatoms. The largest absolute Gasteiger partial charge is 0.393 e. The average Bonchev–Trinajstić information content (AvgIpc) is 2.90. The topological polar surface area (TPSA) is 59.2 Å². The van der Waals surface area contributed by atoms with Crippen LogP contribution in [0.4, 0.5) is 4.39 Å². The molecule has 0 amide bonds. The van der Waals surface area contributed by atoms with Crippen LogP contribution >= 0.6 is 11.6 Å². The molecule has 21 heavy (non-hydrogen) atoms. The maximum atomic E-state index is 13.0. The zero-order valence-electron chi connectivity index (χ0n) is 11.4. The van der Waals surface area contributed by atoms with E-state index in [4.69, 9.17) is 16.1 Å². The zero-order valence-corrected chi connectivity index (χ0v) is 12.2. The van der Waals surface area contributed by atoms with Gasteiger partial charge in [0, 0.05) is 12.0 Å². The summed E-state index contributed by atoms with van der Waals surface area (Å²) in [5.74, 6) is 0.588. The van der Waals surface area contributed by atoms with Crippen LogP contribution in [0.5, 0.6) is 0 Å². The van der Waals surface area contributed by atoms with Gasteiger partial charge in [-0.2, -0.15) is 4.98 Å². The SMILES string of the molecule is OC1CCCCC1Cc1nc(-c2ccc(F)cc2Cl)no1. The van der Waals surface area contributed by atoms with Crippen LogP contribution in [-0.4, -0.2) is 21.4 Å². The molecule has 0 aliphatic heterocycles. The Bertz CT molecular complexity index is 632. The summed E-state index contributed by atoms with van der Waals surface area (Å²) < 4.78 is 18.3. The minimum Gasteiger partial charge on any atom is -0.393 e. The molecule has 112 valence electrons. The molecule has 0 spiro atoms. The van der Waals surface area contributed by atoms with Crippen LogP contribution in [0.3, 0.4) is 0 Å². The van der Waals surface area contributed by atoms with E-state index >= 15 is 0 Å². The first-order valence-electron chi connectivity index (χ1n) is 7.09. The Balaban J connectivity index is 1.76. The van der Waals surface area contributed by atoms with E-state index in [0.717, 1.165) is 25.7 Å². The van der Waals surface area contributed by atoms with E-state index in [1.807, 2.05) is 0 Å². The second-order valence-electron chi connectivity index (χ2n) is 5.45. The van der Waals surface area contributed by atoms with Gasteiger partial charge in [-0.3, -0.25) is 0 Å². The third-order valence-corrected chi connectivity index (χ3v) is 4.26. The van der Waals surface area contributed by atoms with Crippen molar-refractivity contribution in [3.8, 4) is 11.4 Å². The lowest BCUT2D eigenvalue weighted by molar-refractivity contribution is 0.0657. The molecule has 4 nitrogen and oxygen atoms in total. The van der Waals surface area contributed by atoms with E-state index in [-0.39, 0.29) is 17.0 Å². The standard InChI is InChI=1S/C15H16ClFN2O2/c16-12-8-10(17)5-6-11(12)15-18-14(21-19-15)7-9-3-1-2-4-13(9)20/h5-6,8-9,13,20H,1-4,7H2. The van der Waals surface area contributed by atoms with E-state index < -0.39 is 5.82 Å². The van der Waals surface area contributed by atoms with Crippen LogP contribution < -0.4 is 0 Å². The molecule has 1 saturated carbocycles. The highest BCUT2D eigenvalue weighted by atomic mass is 35.5. The summed E-state index contributed by atoms with van der Waals surface area (Å²) in [5, 5.41) is 14.1. The highest BCUT2D eigenvalue weighted by Gasteiger charge is 2.25. The monoisotopic (exact) mass is 310 g/mol. The van der Waals surface area contributed by atoms with Gasteiger partial charge in [0.25, 0.3) is 0 Å². The number of rotatable bonds is 3. The minimum absolute atomic E-state index is 0.163. The summed E-state index contributed by atoms with van der Waals surface area (Å²) in [6.07, 6.45) is 4.24. The summed E-state index contributed by atoms with van der Waals surface area (Å²) in [6.45, 7) is 0. The fourth-order valence-electron chi connectivity index (χ4n) is 2.77. The van der Waals surface area contributed by atoms with Crippen molar-refractivity contribution in [3.63, 3.8) is 0 Å². The van der Waals surface area contributed by atoms with Crippen LogP contribution in [0, 0.1) is 11.7 Å². The second kappa shape index (κ2) is 6.12. The van der Waals surface area contributed by atoms with Crippen LogP contribution in [-0.2, 0) is 6.42 Å². The quantitative estimate of drug-likeness (QED) is 0.940. The van der Waals surface area contributed by atoms with Crippen LogP contribution in [0.15, 0.2) is 22.7 Å². The third-order valence-electron chi connectivity index (χ3n) is 3.95. The predicted molar refractivity (Wildman–Crippen MR) is 76.4 cm³/mol. The van der Waals surface area contributed by atoms with E-state index in [9.17, 15) is 9.50 Å². The minimum atomic E-state index is -0.405. The van der Waals surface area contributed by atoms with E-state index in [1.165, 1.54) is 18.2 Å². The third kappa shape index (κ3) is 3.24. The number of aromatic nitrogens is 2. The first kappa shape index (κ1) is 14.5. The van der Waals surface area contributed by atoms with Gasteiger partial charge in [-0.05, 0) is 37.0 Å². The van der Waals surface area contributed by atoms with Gasteiger partial charge in [-0.1, -0.05) is 29.6 Å². The Morgan fingerprint density at radius 3 is 2.90 bits per heavy atom. The first-order chi connectivity index (χ1) is 10.1. The van der Waals surface area contributed by atoms with Gasteiger partial charge in [0.2, 0.25) is 11.7 Å². The van der Waals surface area contributed by atoms with E-state index in [0.29, 0.717) is 23.7 Å². The van der Waals surface area contributed by atoms with Crippen LogP contribution in [0.25, 0.3) is 11.4 Å². The van der Waals surface area contributed by atoms with Crippen molar-refractivity contribution in [2.45, 2.75) is 38.2 Å². The lowest BCUT2D eigenvalue weighted by Gasteiger charge is -2.26. The van der Waals surface area contributed by atoms with Gasteiger partial charge in [-0.25, -0.2) is 4.39 Å². The number of nitrogens with zero attached hydrogens (tertiary/aromatic N) is 2. The number of hydrogen-bond donors (Lipinski definition) is 1.